The van der Waals surface area contributed by atoms with Crippen molar-refractivity contribution < 1.29 is 14.4 Å². The Hall–Kier alpha value is -2.70. The molecular weight excluding hydrogens is 286 g/mol. The van der Waals surface area contributed by atoms with Gasteiger partial charge in [0.15, 0.2) is 0 Å². The van der Waals surface area contributed by atoms with Crippen LogP contribution in [0, 0.1) is 0 Å². The van der Waals surface area contributed by atoms with Crippen LogP contribution >= 0.6 is 0 Å². The zero-order valence-electron chi connectivity index (χ0n) is 11.8. The van der Waals surface area contributed by atoms with Crippen LogP contribution in [0.5, 0.6) is 0 Å². The number of aryl methyl sites for hydroxylation is 1. The fraction of sp³-hybridized carbons (Fsp3) is 0.333. The van der Waals surface area contributed by atoms with Crippen molar-refractivity contribution in [3.63, 3.8) is 0 Å². The molecule has 114 valence electrons. The van der Waals surface area contributed by atoms with Gasteiger partial charge in [-0.2, -0.15) is 0 Å². The van der Waals surface area contributed by atoms with Crippen LogP contribution in [-0.2, 0) is 20.8 Å². The molecule has 1 saturated heterocycles. The number of amides is 2. The van der Waals surface area contributed by atoms with Gasteiger partial charge in [0.05, 0.1) is 11.0 Å². The van der Waals surface area contributed by atoms with Gasteiger partial charge in [0.2, 0.25) is 11.8 Å². The van der Waals surface area contributed by atoms with Gasteiger partial charge in [-0.1, -0.05) is 6.07 Å². The van der Waals surface area contributed by atoms with Crippen molar-refractivity contribution in [2.24, 2.45) is 0 Å². The van der Waals surface area contributed by atoms with Crippen LogP contribution in [0.15, 0.2) is 23.0 Å². The van der Waals surface area contributed by atoms with Crippen LogP contribution in [0.3, 0.4) is 0 Å². The summed E-state index contributed by atoms with van der Waals surface area (Å²) in [6.45, 7) is 0. The quantitative estimate of drug-likeness (QED) is 0.632. The van der Waals surface area contributed by atoms with Gasteiger partial charge in [0.25, 0.3) is 0 Å². The fourth-order valence-corrected chi connectivity index (χ4v) is 2.80. The summed E-state index contributed by atoms with van der Waals surface area (Å²) >= 11 is 0. The minimum absolute atomic E-state index is 0.215. The van der Waals surface area contributed by atoms with E-state index in [0.29, 0.717) is 30.3 Å². The lowest BCUT2D eigenvalue weighted by atomic mass is 10.1. The van der Waals surface area contributed by atoms with Gasteiger partial charge >= 0.3 is 5.69 Å². The second kappa shape index (κ2) is 5.59. The SMILES string of the molecule is O=CCCc1ccc2c(c1)[nH]c(=O)n2C1CCC(=O)NC1=O. The van der Waals surface area contributed by atoms with Crippen molar-refractivity contribution in [3.8, 4) is 0 Å². The molecular formula is C15H15N3O4. The number of hydrogen-bond acceptors (Lipinski definition) is 4. The predicted molar refractivity (Wildman–Crippen MR) is 78.4 cm³/mol. The van der Waals surface area contributed by atoms with Gasteiger partial charge < -0.3 is 9.78 Å². The lowest BCUT2D eigenvalue weighted by molar-refractivity contribution is -0.135. The van der Waals surface area contributed by atoms with Crippen molar-refractivity contribution in [3.05, 3.63) is 34.2 Å². The largest absolute Gasteiger partial charge is 0.327 e. The zero-order chi connectivity index (χ0) is 15.7. The molecule has 1 aromatic carbocycles. The molecule has 2 N–H and O–H groups in total. The number of piperidine rings is 1. The van der Waals surface area contributed by atoms with Crippen molar-refractivity contribution in [2.75, 3.05) is 0 Å². The Bertz CT molecular complexity index is 818. The van der Waals surface area contributed by atoms with E-state index in [1.807, 2.05) is 12.1 Å². The number of imide groups is 1. The van der Waals surface area contributed by atoms with Gasteiger partial charge in [-0.15, -0.1) is 0 Å². The number of aromatic nitrogens is 2. The van der Waals surface area contributed by atoms with Gasteiger partial charge in [0, 0.05) is 12.8 Å². The van der Waals surface area contributed by atoms with Crippen LogP contribution in [0.2, 0.25) is 0 Å². The molecule has 0 bridgehead atoms. The lowest BCUT2D eigenvalue weighted by Crippen LogP contribution is -2.43. The smallest absolute Gasteiger partial charge is 0.306 e. The first kappa shape index (κ1) is 14.2. The minimum Gasteiger partial charge on any atom is -0.306 e. The van der Waals surface area contributed by atoms with Crippen molar-refractivity contribution in [2.45, 2.75) is 31.7 Å². The summed E-state index contributed by atoms with van der Waals surface area (Å²) in [5, 5.41) is 2.26. The predicted octanol–water partition coefficient (Wildman–Crippen LogP) is 0.439. The van der Waals surface area contributed by atoms with Crippen LogP contribution in [0.25, 0.3) is 11.0 Å². The summed E-state index contributed by atoms with van der Waals surface area (Å²) in [6.07, 6.45) is 2.40. The van der Waals surface area contributed by atoms with Gasteiger partial charge in [-0.25, -0.2) is 4.79 Å². The number of imidazole rings is 1. The van der Waals surface area contributed by atoms with E-state index in [4.69, 9.17) is 0 Å². The minimum atomic E-state index is -0.681. The summed E-state index contributed by atoms with van der Waals surface area (Å²) < 4.78 is 1.39. The maximum absolute atomic E-state index is 12.2. The Kier molecular flexibility index (Phi) is 3.62. The average molecular weight is 301 g/mol. The molecule has 2 amide bonds. The second-order valence-corrected chi connectivity index (χ2v) is 5.32. The molecule has 1 unspecified atom stereocenters. The molecule has 0 aliphatic carbocycles. The third kappa shape index (κ3) is 2.45. The van der Waals surface area contributed by atoms with E-state index in [1.54, 1.807) is 6.07 Å². The molecule has 1 aromatic heterocycles. The van der Waals surface area contributed by atoms with Crippen molar-refractivity contribution in [1.29, 1.82) is 0 Å². The Labute approximate surface area is 125 Å². The normalized spacial score (nSPS) is 18.5. The lowest BCUT2D eigenvalue weighted by Gasteiger charge is -2.21. The van der Waals surface area contributed by atoms with Gasteiger partial charge in [-0.3, -0.25) is 19.5 Å². The number of rotatable bonds is 4. The summed E-state index contributed by atoms with van der Waals surface area (Å²) in [4.78, 5) is 48.5. The van der Waals surface area contributed by atoms with E-state index in [0.717, 1.165) is 11.8 Å². The number of aromatic amines is 1. The second-order valence-electron chi connectivity index (χ2n) is 5.32. The van der Waals surface area contributed by atoms with Crippen LogP contribution in [-0.4, -0.2) is 27.7 Å². The number of carbonyl (C=O) groups is 3. The van der Waals surface area contributed by atoms with Crippen LogP contribution < -0.4 is 11.0 Å². The van der Waals surface area contributed by atoms with E-state index in [2.05, 4.69) is 10.3 Å². The number of carbonyl (C=O) groups excluding carboxylic acids is 3. The van der Waals surface area contributed by atoms with Gasteiger partial charge in [-0.05, 0) is 30.5 Å². The molecule has 1 aliphatic rings. The number of nitrogens with zero attached hydrogens (tertiary/aromatic N) is 1. The first-order valence-electron chi connectivity index (χ1n) is 7.10. The molecule has 0 radical (unpaired) electrons. The topological polar surface area (TPSA) is 101 Å². The summed E-state index contributed by atoms with van der Waals surface area (Å²) in [5.41, 5.74) is 1.81. The summed E-state index contributed by atoms with van der Waals surface area (Å²) in [7, 11) is 0. The summed E-state index contributed by atoms with van der Waals surface area (Å²) in [5.74, 6) is -0.769. The number of benzene rings is 1. The van der Waals surface area contributed by atoms with Crippen LogP contribution in [0.4, 0.5) is 0 Å². The Balaban J connectivity index is 2.01. The first-order valence-corrected chi connectivity index (χ1v) is 7.10. The summed E-state index contributed by atoms with van der Waals surface area (Å²) in [6, 6.07) is 4.72. The molecule has 3 rings (SSSR count). The molecule has 7 heteroatoms. The standard InChI is InChI=1S/C15H15N3O4/c19-7-1-2-9-3-4-11-10(8-9)16-15(22)18(11)12-5-6-13(20)17-14(12)21/h3-4,7-8,12H,1-2,5-6H2,(H,16,22)(H,17,20,21). The Morgan fingerprint density at radius 2 is 2.09 bits per heavy atom. The van der Waals surface area contributed by atoms with Crippen molar-refractivity contribution in [1.82, 2.24) is 14.9 Å². The number of H-pyrrole nitrogens is 1. The highest BCUT2D eigenvalue weighted by molar-refractivity contribution is 6.00. The molecule has 22 heavy (non-hydrogen) atoms. The maximum atomic E-state index is 12.2. The third-order valence-electron chi connectivity index (χ3n) is 3.85. The van der Waals surface area contributed by atoms with Crippen molar-refractivity contribution >= 4 is 29.1 Å². The fourth-order valence-electron chi connectivity index (χ4n) is 2.80. The van der Waals surface area contributed by atoms with E-state index in [-0.39, 0.29) is 18.0 Å². The third-order valence-corrected chi connectivity index (χ3v) is 3.85. The first-order chi connectivity index (χ1) is 10.6. The zero-order valence-corrected chi connectivity index (χ0v) is 11.8. The van der Waals surface area contributed by atoms with E-state index in [1.165, 1.54) is 4.57 Å². The Morgan fingerprint density at radius 3 is 2.82 bits per heavy atom. The molecule has 2 heterocycles. The molecule has 0 saturated carbocycles. The number of hydrogen-bond donors (Lipinski definition) is 2. The molecule has 1 atom stereocenters. The van der Waals surface area contributed by atoms with Crippen LogP contribution in [0.1, 0.15) is 30.9 Å². The monoisotopic (exact) mass is 301 g/mol. The number of fused-ring (bicyclic) bond motifs is 1. The highest BCUT2D eigenvalue weighted by Gasteiger charge is 2.30. The number of aldehydes is 1. The molecule has 0 spiro atoms. The van der Waals surface area contributed by atoms with Gasteiger partial charge in [0.1, 0.15) is 12.3 Å². The van der Waals surface area contributed by atoms with E-state index >= 15 is 0 Å². The maximum Gasteiger partial charge on any atom is 0.327 e. The molecule has 2 aromatic rings. The Morgan fingerprint density at radius 1 is 1.27 bits per heavy atom. The average Bonchev–Trinajstić information content (AvgIpc) is 2.80. The molecule has 7 nitrogen and oxygen atoms in total. The van der Waals surface area contributed by atoms with E-state index < -0.39 is 11.9 Å². The molecule has 1 fully saturated rings. The highest BCUT2D eigenvalue weighted by atomic mass is 16.2. The number of nitrogens with one attached hydrogen (secondary N) is 2. The highest BCUT2D eigenvalue weighted by Crippen LogP contribution is 2.22. The molecule has 1 aliphatic heterocycles. The van der Waals surface area contributed by atoms with E-state index in [9.17, 15) is 19.2 Å².